The van der Waals surface area contributed by atoms with E-state index in [1.807, 2.05) is 19.9 Å². The van der Waals surface area contributed by atoms with Crippen LogP contribution in [0.2, 0.25) is 0 Å². The average molecular weight is 467 g/mol. The maximum Gasteiger partial charge on any atom is 0.268 e. The molecule has 0 aliphatic rings. The summed E-state index contributed by atoms with van der Waals surface area (Å²) in [5, 5.41) is 5.59. The van der Waals surface area contributed by atoms with E-state index in [2.05, 4.69) is 10.6 Å². The van der Waals surface area contributed by atoms with Gasteiger partial charge in [0.1, 0.15) is 11.5 Å². The van der Waals surface area contributed by atoms with Crippen molar-refractivity contribution in [2.45, 2.75) is 31.2 Å². The molecule has 3 rings (SSSR count). The molecule has 0 spiro atoms. The van der Waals surface area contributed by atoms with Crippen LogP contribution in [0, 0.1) is 6.92 Å². The third-order valence-corrected chi connectivity index (χ3v) is 6.16. The van der Waals surface area contributed by atoms with Crippen molar-refractivity contribution in [1.29, 1.82) is 0 Å². The summed E-state index contributed by atoms with van der Waals surface area (Å²) < 4.78 is 28.7. The van der Waals surface area contributed by atoms with Gasteiger partial charge in [-0.3, -0.25) is 9.59 Å². The molecule has 0 aliphatic carbocycles. The van der Waals surface area contributed by atoms with Gasteiger partial charge in [0.25, 0.3) is 11.8 Å². The van der Waals surface area contributed by atoms with Crippen LogP contribution < -0.4 is 10.6 Å². The maximum absolute atomic E-state index is 13.1. The molecule has 33 heavy (non-hydrogen) atoms. The van der Waals surface area contributed by atoms with Crippen LogP contribution in [0.5, 0.6) is 0 Å². The van der Waals surface area contributed by atoms with Gasteiger partial charge in [0.05, 0.1) is 17.2 Å². The number of rotatable bonds is 8. The summed E-state index contributed by atoms with van der Waals surface area (Å²) in [6.07, 6.45) is 4.64. The van der Waals surface area contributed by atoms with Gasteiger partial charge in [-0.1, -0.05) is 36.8 Å². The highest BCUT2D eigenvalue weighted by molar-refractivity contribution is 7.90. The first-order valence-corrected chi connectivity index (χ1v) is 12.3. The van der Waals surface area contributed by atoms with Crippen molar-refractivity contribution in [1.82, 2.24) is 10.6 Å². The predicted octanol–water partition coefficient (Wildman–Crippen LogP) is 4.03. The number of amides is 2. The van der Waals surface area contributed by atoms with Crippen LogP contribution >= 0.6 is 0 Å². The molecular formula is C25H26N2O5S. The molecule has 1 unspecified atom stereocenters. The summed E-state index contributed by atoms with van der Waals surface area (Å²) in [6.45, 7) is 3.78. The summed E-state index contributed by atoms with van der Waals surface area (Å²) in [4.78, 5) is 26.1. The molecule has 0 saturated heterocycles. The van der Waals surface area contributed by atoms with Crippen molar-refractivity contribution >= 4 is 27.7 Å². The zero-order valence-electron chi connectivity index (χ0n) is 18.7. The fourth-order valence-electron chi connectivity index (χ4n) is 3.26. The molecule has 8 heteroatoms. The van der Waals surface area contributed by atoms with Gasteiger partial charge in [-0.15, -0.1) is 0 Å². The summed E-state index contributed by atoms with van der Waals surface area (Å²) in [5.74, 6) is -0.501. The van der Waals surface area contributed by atoms with Gasteiger partial charge in [0.2, 0.25) is 0 Å². The summed E-state index contributed by atoms with van der Waals surface area (Å²) in [5.41, 5.74) is 2.13. The fraction of sp³-hybridized carbons (Fsp3) is 0.200. The Labute approximate surface area is 193 Å². The first-order chi connectivity index (χ1) is 15.7. The smallest absolute Gasteiger partial charge is 0.268 e. The van der Waals surface area contributed by atoms with Crippen molar-refractivity contribution in [3.63, 3.8) is 0 Å². The van der Waals surface area contributed by atoms with Crippen molar-refractivity contribution in [2.24, 2.45) is 0 Å². The number of hydrogen-bond acceptors (Lipinski definition) is 5. The second kappa shape index (κ2) is 10.3. The lowest BCUT2D eigenvalue weighted by atomic mass is 10.0. The lowest BCUT2D eigenvalue weighted by Gasteiger charge is -2.19. The van der Waals surface area contributed by atoms with Crippen molar-refractivity contribution < 1.29 is 22.4 Å². The van der Waals surface area contributed by atoms with E-state index in [9.17, 15) is 18.0 Å². The topological polar surface area (TPSA) is 105 Å². The van der Waals surface area contributed by atoms with Crippen LogP contribution in [0.4, 0.5) is 0 Å². The number of sulfone groups is 1. The Kier molecular flexibility index (Phi) is 7.50. The molecule has 1 aromatic heterocycles. The largest absolute Gasteiger partial charge is 0.465 e. The molecule has 2 aromatic carbocycles. The molecular weight excluding hydrogens is 440 g/mol. The highest BCUT2D eigenvalue weighted by Gasteiger charge is 2.20. The van der Waals surface area contributed by atoms with E-state index in [1.54, 1.807) is 42.5 Å². The van der Waals surface area contributed by atoms with E-state index in [-0.39, 0.29) is 16.6 Å². The Bertz CT molecular complexity index is 1260. The fourth-order valence-corrected chi connectivity index (χ4v) is 3.89. The second-order valence-electron chi connectivity index (χ2n) is 7.67. The van der Waals surface area contributed by atoms with Gasteiger partial charge in [-0.25, -0.2) is 8.42 Å². The zero-order chi connectivity index (χ0) is 24.0. The lowest BCUT2D eigenvalue weighted by Crippen LogP contribution is -2.36. The van der Waals surface area contributed by atoms with Crippen LogP contribution in [0.1, 0.15) is 46.6 Å². The highest BCUT2D eigenvalue weighted by Crippen LogP contribution is 2.20. The normalized spacial score (nSPS) is 12.8. The summed E-state index contributed by atoms with van der Waals surface area (Å²) >= 11 is 0. The molecule has 1 heterocycles. The molecule has 2 amide bonds. The molecule has 0 radical (unpaired) electrons. The van der Waals surface area contributed by atoms with Gasteiger partial charge in [-0.05, 0) is 55.3 Å². The number of nitrogens with one attached hydrogen (secondary N) is 2. The molecule has 0 fully saturated rings. The molecule has 0 saturated carbocycles. The Hall–Kier alpha value is -3.65. The standard InChI is InChI=1S/C25H26N2O5S/c1-4-22(18-10-12-21(13-11-18)33(3,30)31)26-25(29)23(16-20-9-6-14-32-20)27-24(28)19-8-5-7-17(2)15-19/h5-16,22H,4H2,1-3H3,(H,26,29)(H,27,28)/b23-16-. The zero-order valence-corrected chi connectivity index (χ0v) is 19.5. The van der Waals surface area contributed by atoms with Gasteiger partial charge < -0.3 is 15.1 Å². The van der Waals surface area contributed by atoms with E-state index in [0.29, 0.717) is 17.7 Å². The molecule has 172 valence electrons. The van der Waals surface area contributed by atoms with Crippen molar-refractivity contribution in [2.75, 3.05) is 6.26 Å². The minimum Gasteiger partial charge on any atom is -0.465 e. The predicted molar refractivity (Wildman–Crippen MR) is 126 cm³/mol. The number of furan rings is 1. The van der Waals surface area contributed by atoms with Crippen LogP contribution in [-0.4, -0.2) is 26.5 Å². The summed E-state index contributed by atoms with van der Waals surface area (Å²) in [7, 11) is -3.31. The van der Waals surface area contributed by atoms with Crippen LogP contribution in [0.15, 0.2) is 81.9 Å². The number of carbonyl (C=O) groups is 2. The minimum atomic E-state index is -3.31. The van der Waals surface area contributed by atoms with E-state index in [0.717, 1.165) is 17.4 Å². The van der Waals surface area contributed by atoms with Gasteiger partial charge in [0.15, 0.2) is 9.84 Å². The van der Waals surface area contributed by atoms with Crippen LogP contribution in [0.25, 0.3) is 6.08 Å². The van der Waals surface area contributed by atoms with Crippen molar-refractivity contribution in [3.8, 4) is 0 Å². The Morgan fingerprint density at radius 2 is 1.79 bits per heavy atom. The highest BCUT2D eigenvalue weighted by atomic mass is 32.2. The van der Waals surface area contributed by atoms with E-state index in [4.69, 9.17) is 4.42 Å². The van der Waals surface area contributed by atoms with E-state index >= 15 is 0 Å². The molecule has 2 N–H and O–H groups in total. The van der Waals surface area contributed by atoms with Crippen LogP contribution in [-0.2, 0) is 14.6 Å². The molecule has 3 aromatic rings. The molecule has 0 aliphatic heterocycles. The van der Waals surface area contributed by atoms with Crippen molar-refractivity contribution in [3.05, 3.63) is 95.1 Å². The van der Waals surface area contributed by atoms with E-state index in [1.165, 1.54) is 24.5 Å². The third kappa shape index (κ3) is 6.43. The SMILES string of the molecule is CCC(NC(=O)/C(=C/c1ccco1)NC(=O)c1cccc(C)c1)c1ccc(S(C)(=O)=O)cc1. The van der Waals surface area contributed by atoms with Gasteiger partial charge in [-0.2, -0.15) is 0 Å². The minimum absolute atomic E-state index is 0.0302. The van der Waals surface area contributed by atoms with Crippen LogP contribution in [0.3, 0.4) is 0 Å². The maximum atomic E-state index is 13.1. The summed E-state index contributed by atoms with van der Waals surface area (Å²) in [6, 6.07) is 16.4. The quantitative estimate of drug-likeness (QED) is 0.488. The first kappa shape index (κ1) is 24.0. The van der Waals surface area contributed by atoms with Gasteiger partial charge in [0, 0.05) is 17.9 Å². The molecule has 1 atom stereocenters. The first-order valence-electron chi connectivity index (χ1n) is 10.4. The Morgan fingerprint density at radius 3 is 2.36 bits per heavy atom. The Balaban J connectivity index is 1.84. The van der Waals surface area contributed by atoms with Gasteiger partial charge >= 0.3 is 0 Å². The molecule has 0 bridgehead atoms. The average Bonchev–Trinajstić information content (AvgIpc) is 3.29. The number of hydrogen-bond donors (Lipinski definition) is 2. The monoisotopic (exact) mass is 466 g/mol. The number of benzene rings is 2. The third-order valence-electron chi connectivity index (χ3n) is 5.03. The molecule has 7 nitrogen and oxygen atoms in total. The Morgan fingerprint density at radius 1 is 1.06 bits per heavy atom. The second-order valence-corrected chi connectivity index (χ2v) is 9.69. The van der Waals surface area contributed by atoms with E-state index < -0.39 is 21.7 Å². The number of aryl methyl sites for hydroxylation is 1. The number of carbonyl (C=O) groups excluding carboxylic acids is 2. The lowest BCUT2D eigenvalue weighted by molar-refractivity contribution is -0.118.